The molecule has 3 aromatic rings. The molecule has 3 rings (SSSR count). The van der Waals surface area contributed by atoms with Gasteiger partial charge in [0.25, 0.3) is 10.0 Å². The Labute approximate surface area is 188 Å². The maximum absolute atomic E-state index is 13.3. The SMILES string of the molecule is Cc1ccc(S(=O)(=O)N(CC(=O)Nc2ccc(C(F)(F)F)cc2)c2cccc(Cl)c2)cc1. The van der Waals surface area contributed by atoms with Gasteiger partial charge in [0.2, 0.25) is 5.91 Å². The molecule has 0 atom stereocenters. The van der Waals surface area contributed by atoms with E-state index in [0.29, 0.717) is 0 Å². The smallest absolute Gasteiger partial charge is 0.325 e. The van der Waals surface area contributed by atoms with E-state index in [0.717, 1.165) is 34.1 Å². The van der Waals surface area contributed by atoms with Crippen LogP contribution in [0.1, 0.15) is 11.1 Å². The second-order valence-electron chi connectivity index (χ2n) is 6.93. The number of carbonyl (C=O) groups excluding carboxylic acids is 1. The zero-order valence-corrected chi connectivity index (χ0v) is 18.3. The molecule has 0 radical (unpaired) electrons. The van der Waals surface area contributed by atoms with Crippen molar-refractivity contribution in [2.45, 2.75) is 18.0 Å². The molecule has 10 heteroatoms. The Kier molecular flexibility index (Phi) is 6.80. The molecule has 32 heavy (non-hydrogen) atoms. The van der Waals surface area contributed by atoms with Crippen LogP contribution in [0.2, 0.25) is 5.02 Å². The average molecular weight is 483 g/mol. The van der Waals surface area contributed by atoms with Crippen molar-refractivity contribution in [2.75, 3.05) is 16.2 Å². The molecular weight excluding hydrogens is 465 g/mol. The van der Waals surface area contributed by atoms with Gasteiger partial charge < -0.3 is 5.32 Å². The summed E-state index contributed by atoms with van der Waals surface area (Å²) < 4.78 is 65.6. The molecule has 0 unspecified atom stereocenters. The molecule has 0 saturated heterocycles. The lowest BCUT2D eigenvalue weighted by Gasteiger charge is -2.24. The van der Waals surface area contributed by atoms with E-state index in [2.05, 4.69) is 5.32 Å². The van der Waals surface area contributed by atoms with Gasteiger partial charge in [-0.15, -0.1) is 0 Å². The summed E-state index contributed by atoms with van der Waals surface area (Å²) in [4.78, 5) is 12.6. The Balaban J connectivity index is 1.89. The van der Waals surface area contributed by atoms with Crippen molar-refractivity contribution < 1.29 is 26.4 Å². The topological polar surface area (TPSA) is 66.5 Å². The maximum atomic E-state index is 13.3. The van der Waals surface area contributed by atoms with Crippen LogP contribution in [0.25, 0.3) is 0 Å². The van der Waals surface area contributed by atoms with Crippen LogP contribution in [0.3, 0.4) is 0 Å². The van der Waals surface area contributed by atoms with Crippen molar-refractivity contribution in [1.29, 1.82) is 0 Å². The molecule has 0 aromatic heterocycles. The highest BCUT2D eigenvalue weighted by Gasteiger charge is 2.30. The summed E-state index contributed by atoms with van der Waals surface area (Å²) in [5.74, 6) is -0.736. The summed E-state index contributed by atoms with van der Waals surface area (Å²) in [7, 11) is -4.14. The van der Waals surface area contributed by atoms with Gasteiger partial charge in [-0.2, -0.15) is 13.2 Å². The number of hydrogen-bond acceptors (Lipinski definition) is 3. The fourth-order valence-corrected chi connectivity index (χ4v) is 4.45. The number of hydrogen-bond donors (Lipinski definition) is 1. The van der Waals surface area contributed by atoms with Gasteiger partial charge in [0.15, 0.2) is 0 Å². The third-order valence-electron chi connectivity index (χ3n) is 4.49. The number of rotatable bonds is 6. The van der Waals surface area contributed by atoms with Gasteiger partial charge in [-0.05, 0) is 61.5 Å². The van der Waals surface area contributed by atoms with Gasteiger partial charge in [0, 0.05) is 10.7 Å². The van der Waals surface area contributed by atoms with Gasteiger partial charge in [0.05, 0.1) is 16.1 Å². The largest absolute Gasteiger partial charge is 0.416 e. The minimum absolute atomic E-state index is 0.0228. The molecule has 0 fully saturated rings. The van der Waals surface area contributed by atoms with Crippen molar-refractivity contribution in [2.24, 2.45) is 0 Å². The maximum Gasteiger partial charge on any atom is 0.416 e. The summed E-state index contributed by atoms with van der Waals surface area (Å²) in [5.41, 5.74) is 0.263. The molecule has 1 N–H and O–H groups in total. The molecule has 0 aliphatic rings. The number of benzene rings is 3. The van der Waals surface area contributed by atoms with E-state index in [-0.39, 0.29) is 21.3 Å². The number of alkyl halides is 3. The first-order chi connectivity index (χ1) is 15.0. The number of nitrogens with one attached hydrogen (secondary N) is 1. The Hall–Kier alpha value is -3.04. The summed E-state index contributed by atoms with van der Waals surface area (Å²) in [6, 6.07) is 16.0. The van der Waals surface area contributed by atoms with E-state index in [9.17, 15) is 26.4 Å². The van der Waals surface area contributed by atoms with Gasteiger partial charge in [0.1, 0.15) is 6.54 Å². The van der Waals surface area contributed by atoms with Crippen LogP contribution in [0.4, 0.5) is 24.5 Å². The second kappa shape index (κ2) is 9.22. The monoisotopic (exact) mass is 482 g/mol. The summed E-state index contributed by atoms with van der Waals surface area (Å²) in [6.07, 6.45) is -4.51. The molecule has 1 amide bonds. The lowest BCUT2D eigenvalue weighted by molar-refractivity contribution is -0.137. The summed E-state index contributed by atoms with van der Waals surface area (Å²) in [6.45, 7) is 1.19. The van der Waals surface area contributed by atoms with Crippen molar-refractivity contribution in [3.05, 3.63) is 88.9 Å². The molecule has 0 bridgehead atoms. The van der Waals surface area contributed by atoms with Crippen LogP contribution in [0.15, 0.2) is 77.7 Å². The van der Waals surface area contributed by atoms with Crippen molar-refractivity contribution in [1.82, 2.24) is 0 Å². The molecule has 0 spiro atoms. The van der Waals surface area contributed by atoms with Crippen LogP contribution in [-0.2, 0) is 21.0 Å². The number of carbonyl (C=O) groups is 1. The molecule has 0 aliphatic carbocycles. The number of halogens is 4. The number of anilines is 2. The highest BCUT2D eigenvalue weighted by Crippen LogP contribution is 2.30. The first kappa shape index (κ1) is 23.6. The zero-order valence-electron chi connectivity index (χ0n) is 16.7. The van der Waals surface area contributed by atoms with Crippen LogP contribution in [-0.4, -0.2) is 20.9 Å². The van der Waals surface area contributed by atoms with Crippen molar-refractivity contribution in [3.63, 3.8) is 0 Å². The second-order valence-corrected chi connectivity index (χ2v) is 9.23. The highest BCUT2D eigenvalue weighted by atomic mass is 35.5. The Bertz CT molecular complexity index is 1210. The minimum atomic E-state index is -4.51. The molecule has 168 valence electrons. The zero-order chi connectivity index (χ0) is 23.5. The molecule has 0 heterocycles. The number of sulfonamides is 1. The quantitative estimate of drug-likeness (QED) is 0.504. The number of amides is 1. The fourth-order valence-electron chi connectivity index (χ4n) is 2.86. The van der Waals surface area contributed by atoms with E-state index in [1.165, 1.54) is 24.3 Å². The third kappa shape index (κ3) is 5.60. The lowest BCUT2D eigenvalue weighted by Crippen LogP contribution is -2.38. The van der Waals surface area contributed by atoms with Crippen LogP contribution in [0.5, 0.6) is 0 Å². The number of aryl methyl sites for hydroxylation is 1. The van der Waals surface area contributed by atoms with E-state index >= 15 is 0 Å². The first-order valence-corrected chi connectivity index (χ1v) is 11.1. The van der Waals surface area contributed by atoms with E-state index in [4.69, 9.17) is 11.6 Å². The summed E-state index contributed by atoms with van der Waals surface area (Å²) >= 11 is 6.01. The molecular formula is C22H18ClF3N2O3S. The minimum Gasteiger partial charge on any atom is -0.325 e. The molecule has 3 aromatic carbocycles. The van der Waals surface area contributed by atoms with Gasteiger partial charge in [-0.25, -0.2) is 8.42 Å². The van der Waals surface area contributed by atoms with Crippen LogP contribution in [0, 0.1) is 6.92 Å². The summed E-state index contributed by atoms with van der Waals surface area (Å²) in [5, 5.41) is 2.70. The first-order valence-electron chi connectivity index (χ1n) is 9.29. The third-order valence-corrected chi connectivity index (χ3v) is 6.51. The molecule has 0 aliphatic heterocycles. The lowest BCUT2D eigenvalue weighted by atomic mass is 10.2. The molecule has 5 nitrogen and oxygen atoms in total. The number of nitrogens with zero attached hydrogens (tertiary/aromatic N) is 1. The van der Waals surface area contributed by atoms with Crippen LogP contribution < -0.4 is 9.62 Å². The Morgan fingerprint density at radius 2 is 1.62 bits per heavy atom. The normalized spacial score (nSPS) is 11.8. The Morgan fingerprint density at radius 1 is 1.00 bits per heavy atom. The van der Waals surface area contributed by atoms with Gasteiger partial charge >= 0.3 is 6.18 Å². The van der Waals surface area contributed by atoms with Crippen molar-refractivity contribution in [3.8, 4) is 0 Å². The van der Waals surface area contributed by atoms with E-state index in [1.54, 1.807) is 24.3 Å². The van der Waals surface area contributed by atoms with Gasteiger partial charge in [-0.1, -0.05) is 35.4 Å². The predicted octanol–water partition coefficient (Wildman–Crippen LogP) is 5.50. The molecule has 0 saturated carbocycles. The van der Waals surface area contributed by atoms with E-state index < -0.39 is 34.2 Å². The van der Waals surface area contributed by atoms with Crippen LogP contribution >= 0.6 is 11.6 Å². The predicted molar refractivity (Wildman–Crippen MR) is 117 cm³/mol. The van der Waals surface area contributed by atoms with Gasteiger partial charge in [-0.3, -0.25) is 9.10 Å². The highest BCUT2D eigenvalue weighted by molar-refractivity contribution is 7.92. The standard InChI is InChI=1S/C22H18ClF3N2O3S/c1-15-5-11-20(12-6-15)32(30,31)28(19-4-2-3-17(23)13-19)14-21(29)27-18-9-7-16(8-10-18)22(24,25)26/h2-13H,14H2,1H3,(H,27,29). The average Bonchev–Trinajstić information content (AvgIpc) is 2.72. The Morgan fingerprint density at radius 3 is 2.19 bits per heavy atom. The van der Waals surface area contributed by atoms with Crippen molar-refractivity contribution >= 4 is 38.9 Å². The fraction of sp³-hybridized carbons (Fsp3) is 0.136. The van der Waals surface area contributed by atoms with E-state index in [1.807, 2.05) is 6.92 Å².